The Labute approximate surface area is 184 Å². The van der Waals surface area contributed by atoms with Gasteiger partial charge in [-0.1, -0.05) is 19.3 Å². The summed E-state index contributed by atoms with van der Waals surface area (Å²) in [5.41, 5.74) is -0.936. The van der Waals surface area contributed by atoms with E-state index in [1.807, 2.05) is 0 Å². The molecule has 0 radical (unpaired) electrons. The number of esters is 1. The molecule has 0 unspecified atom stereocenters. The molecule has 4 rings (SSSR count). The van der Waals surface area contributed by atoms with Gasteiger partial charge in [-0.3, -0.25) is 14.4 Å². The zero-order valence-electron chi connectivity index (χ0n) is 18.5. The number of aliphatic hydroxyl groups is 1. The Morgan fingerprint density at radius 3 is 2.68 bits per heavy atom. The van der Waals surface area contributed by atoms with Gasteiger partial charge in [0, 0.05) is 19.2 Å². The van der Waals surface area contributed by atoms with Gasteiger partial charge in [0.1, 0.15) is 11.6 Å². The van der Waals surface area contributed by atoms with Crippen molar-refractivity contribution in [2.75, 3.05) is 19.8 Å². The third-order valence-corrected chi connectivity index (χ3v) is 7.62. The van der Waals surface area contributed by atoms with Crippen LogP contribution < -0.4 is 5.32 Å². The summed E-state index contributed by atoms with van der Waals surface area (Å²) in [5.74, 6) is -1.97. The summed E-state index contributed by atoms with van der Waals surface area (Å²) in [6.07, 6.45) is 8.42. The van der Waals surface area contributed by atoms with Crippen LogP contribution in [-0.2, 0) is 23.9 Å². The molecule has 31 heavy (non-hydrogen) atoms. The Bertz CT molecular complexity index is 694. The number of carbonyl (C=O) groups excluding carboxylic acids is 3. The monoisotopic (exact) mass is 436 g/mol. The standard InChI is InChI=1S/C23H36N2O6/c1-2-30-22(29)17-16-11-12-23(31-16)18(17)21(28)25(13-7-4-8-14-26)19(23)20(27)24-15-9-5-3-6-10-15/h15-19,26H,2-14H2,1H3,(H,24,27)/t16-,17+,18+,19-,23+/m1/s1. The molecular weight excluding hydrogens is 400 g/mol. The maximum absolute atomic E-state index is 13.6. The Morgan fingerprint density at radius 1 is 1.19 bits per heavy atom. The number of aliphatic hydroxyl groups excluding tert-OH is 1. The number of nitrogens with zero attached hydrogens (tertiary/aromatic N) is 1. The number of ether oxygens (including phenoxy) is 2. The molecule has 2 bridgehead atoms. The van der Waals surface area contributed by atoms with Crippen molar-refractivity contribution >= 4 is 17.8 Å². The van der Waals surface area contributed by atoms with Crippen molar-refractivity contribution in [2.45, 2.75) is 94.9 Å². The Kier molecular flexibility index (Phi) is 6.86. The highest BCUT2D eigenvalue weighted by Gasteiger charge is 2.74. The zero-order valence-corrected chi connectivity index (χ0v) is 18.5. The van der Waals surface area contributed by atoms with Gasteiger partial charge in [0.25, 0.3) is 0 Å². The van der Waals surface area contributed by atoms with Crippen LogP contribution in [-0.4, -0.2) is 71.3 Å². The summed E-state index contributed by atoms with van der Waals surface area (Å²) >= 11 is 0. The van der Waals surface area contributed by atoms with E-state index < -0.39 is 23.5 Å². The third kappa shape index (κ3) is 3.97. The largest absolute Gasteiger partial charge is 0.466 e. The topological polar surface area (TPSA) is 105 Å². The predicted octanol–water partition coefficient (Wildman–Crippen LogP) is 1.54. The number of carbonyl (C=O) groups is 3. The minimum absolute atomic E-state index is 0.113. The normalized spacial score (nSPS) is 34.8. The quantitative estimate of drug-likeness (QED) is 0.420. The summed E-state index contributed by atoms with van der Waals surface area (Å²) in [4.78, 5) is 41.5. The first kappa shape index (κ1) is 22.5. The average molecular weight is 437 g/mol. The molecule has 0 aromatic rings. The maximum Gasteiger partial charge on any atom is 0.312 e. The van der Waals surface area contributed by atoms with Crippen LogP contribution in [0.1, 0.15) is 71.1 Å². The number of hydrogen-bond acceptors (Lipinski definition) is 6. The van der Waals surface area contributed by atoms with Crippen LogP contribution in [0.2, 0.25) is 0 Å². The fraction of sp³-hybridized carbons (Fsp3) is 0.870. The Hall–Kier alpha value is -1.67. The SMILES string of the molecule is CCOC(=O)[C@@H]1[C@H]2C(=O)N(CCCCCO)[C@H](C(=O)NC3CCCCC3)[C@]23CC[C@H]1O3. The molecule has 1 saturated carbocycles. The van der Waals surface area contributed by atoms with Crippen LogP contribution in [0.15, 0.2) is 0 Å². The molecule has 174 valence electrons. The smallest absolute Gasteiger partial charge is 0.312 e. The molecule has 3 saturated heterocycles. The molecule has 8 nitrogen and oxygen atoms in total. The van der Waals surface area contributed by atoms with E-state index in [0.29, 0.717) is 32.2 Å². The number of unbranched alkanes of at least 4 members (excludes halogenated alkanes) is 2. The van der Waals surface area contributed by atoms with E-state index in [-0.39, 0.29) is 43.1 Å². The minimum Gasteiger partial charge on any atom is -0.466 e. The van der Waals surface area contributed by atoms with Crippen molar-refractivity contribution in [1.82, 2.24) is 10.2 Å². The van der Waals surface area contributed by atoms with E-state index in [1.54, 1.807) is 11.8 Å². The molecule has 2 N–H and O–H groups in total. The lowest BCUT2D eigenvalue weighted by Gasteiger charge is -2.35. The van der Waals surface area contributed by atoms with Gasteiger partial charge in [-0.05, 0) is 51.9 Å². The number of hydrogen-bond donors (Lipinski definition) is 2. The van der Waals surface area contributed by atoms with Crippen LogP contribution in [0.25, 0.3) is 0 Å². The number of likely N-dealkylation sites (tertiary alicyclic amines) is 1. The number of amides is 2. The van der Waals surface area contributed by atoms with Crippen LogP contribution >= 0.6 is 0 Å². The molecule has 0 aromatic carbocycles. The van der Waals surface area contributed by atoms with E-state index in [9.17, 15) is 14.4 Å². The zero-order chi connectivity index (χ0) is 22.0. The predicted molar refractivity (Wildman–Crippen MR) is 112 cm³/mol. The van der Waals surface area contributed by atoms with Crippen LogP contribution in [0.4, 0.5) is 0 Å². The average Bonchev–Trinajstić information content (AvgIpc) is 3.39. The lowest BCUT2D eigenvalue weighted by Crippen LogP contribution is -2.57. The highest BCUT2D eigenvalue weighted by Crippen LogP contribution is 2.58. The van der Waals surface area contributed by atoms with Crippen LogP contribution in [0.5, 0.6) is 0 Å². The number of nitrogens with one attached hydrogen (secondary N) is 1. The molecule has 4 fully saturated rings. The van der Waals surface area contributed by atoms with Gasteiger partial charge in [0.15, 0.2) is 0 Å². The second-order valence-electron chi connectivity index (χ2n) is 9.47. The summed E-state index contributed by atoms with van der Waals surface area (Å²) in [6, 6.07) is -0.562. The van der Waals surface area contributed by atoms with Gasteiger partial charge in [-0.15, -0.1) is 0 Å². The molecule has 2 amide bonds. The minimum atomic E-state index is -0.936. The van der Waals surface area contributed by atoms with Gasteiger partial charge >= 0.3 is 5.97 Å². The van der Waals surface area contributed by atoms with Crippen molar-refractivity contribution in [3.05, 3.63) is 0 Å². The summed E-state index contributed by atoms with van der Waals surface area (Å²) in [6.45, 7) is 2.56. The molecule has 3 heterocycles. The lowest BCUT2D eigenvalue weighted by molar-refractivity contribution is -0.154. The second kappa shape index (κ2) is 9.45. The summed E-state index contributed by atoms with van der Waals surface area (Å²) < 4.78 is 11.6. The molecular formula is C23H36N2O6. The van der Waals surface area contributed by atoms with E-state index in [4.69, 9.17) is 14.6 Å². The summed E-state index contributed by atoms with van der Waals surface area (Å²) in [5, 5.41) is 12.3. The lowest BCUT2D eigenvalue weighted by atomic mass is 9.70. The van der Waals surface area contributed by atoms with E-state index in [2.05, 4.69) is 5.32 Å². The van der Waals surface area contributed by atoms with E-state index >= 15 is 0 Å². The van der Waals surface area contributed by atoms with Crippen molar-refractivity contribution in [3.63, 3.8) is 0 Å². The molecule has 1 aliphatic carbocycles. The van der Waals surface area contributed by atoms with Gasteiger partial charge in [0.05, 0.1) is 24.5 Å². The molecule has 3 aliphatic heterocycles. The molecule has 0 aromatic heterocycles. The molecule has 4 aliphatic rings. The highest BCUT2D eigenvalue weighted by molar-refractivity contribution is 5.98. The summed E-state index contributed by atoms with van der Waals surface area (Å²) in [7, 11) is 0. The van der Waals surface area contributed by atoms with Gasteiger partial charge in [0.2, 0.25) is 11.8 Å². The van der Waals surface area contributed by atoms with Crippen LogP contribution in [0.3, 0.4) is 0 Å². The van der Waals surface area contributed by atoms with Gasteiger partial charge in [-0.2, -0.15) is 0 Å². The van der Waals surface area contributed by atoms with Gasteiger partial charge in [-0.25, -0.2) is 0 Å². The first-order chi connectivity index (χ1) is 15.0. The number of rotatable bonds is 9. The fourth-order valence-electron chi connectivity index (χ4n) is 6.30. The Balaban J connectivity index is 1.58. The fourth-order valence-corrected chi connectivity index (χ4v) is 6.30. The van der Waals surface area contributed by atoms with E-state index in [0.717, 1.165) is 32.1 Å². The second-order valence-corrected chi connectivity index (χ2v) is 9.47. The van der Waals surface area contributed by atoms with Crippen molar-refractivity contribution < 1.29 is 29.0 Å². The first-order valence-corrected chi connectivity index (χ1v) is 12.1. The molecule has 8 heteroatoms. The molecule has 1 spiro atoms. The highest BCUT2D eigenvalue weighted by atomic mass is 16.6. The van der Waals surface area contributed by atoms with Crippen molar-refractivity contribution in [2.24, 2.45) is 11.8 Å². The Morgan fingerprint density at radius 2 is 1.97 bits per heavy atom. The van der Waals surface area contributed by atoms with Crippen molar-refractivity contribution in [3.8, 4) is 0 Å². The first-order valence-electron chi connectivity index (χ1n) is 12.1. The maximum atomic E-state index is 13.6. The molecule has 5 atom stereocenters. The van der Waals surface area contributed by atoms with Gasteiger partial charge < -0.3 is 24.8 Å². The third-order valence-electron chi connectivity index (χ3n) is 7.62. The van der Waals surface area contributed by atoms with Crippen LogP contribution in [0, 0.1) is 11.8 Å². The van der Waals surface area contributed by atoms with Crippen molar-refractivity contribution in [1.29, 1.82) is 0 Å². The number of fused-ring (bicyclic) bond motifs is 1. The van der Waals surface area contributed by atoms with E-state index in [1.165, 1.54) is 6.42 Å².